The first-order valence-corrected chi connectivity index (χ1v) is 8.99. The van der Waals surface area contributed by atoms with E-state index in [1.165, 1.54) is 4.90 Å². The molecule has 25 heavy (non-hydrogen) atoms. The summed E-state index contributed by atoms with van der Waals surface area (Å²) in [6.45, 7) is 6.49. The molecule has 1 amide bonds. The number of likely N-dealkylation sites (tertiary alicyclic amines) is 1. The Bertz CT molecular complexity index is 731. The third-order valence-corrected chi connectivity index (χ3v) is 5.69. The van der Waals surface area contributed by atoms with Crippen LogP contribution in [0, 0.1) is 5.41 Å². The second-order valence-corrected chi connectivity index (χ2v) is 8.75. The Hall–Kier alpha value is -2.05. The van der Waals surface area contributed by atoms with Crippen LogP contribution in [0.25, 0.3) is 0 Å². The van der Waals surface area contributed by atoms with E-state index in [1.807, 2.05) is 31.6 Å². The molecule has 1 N–H and O–H groups in total. The lowest BCUT2D eigenvalue weighted by atomic mass is 9.72. The van der Waals surface area contributed by atoms with Gasteiger partial charge in [0.1, 0.15) is 5.60 Å². The van der Waals surface area contributed by atoms with Gasteiger partial charge < -0.3 is 14.7 Å². The number of piperidine rings is 1. The zero-order valence-electron chi connectivity index (χ0n) is 15.0. The van der Waals surface area contributed by atoms with Gasteiger partial charge in [-0.1, -0.05) is 20.8 Å². The van der Waals surface area contributed by atoms with Gasteiger partial charge in [-0.05, 0) is 18.3 Å². The lowest BCUT2D eigenvalue weighted by molar-refractivity contribution is -0.0522. The van der Waals surface area contributed by atoms with Crippen molar-refractivity contribution >= 4 is 11.9 Å². The van der Waals surface area contributed by atoms with E-state index < -0.39 is 11.7 Å². The molecule has 1 saturated carbocycles. The number of aromatic nitrogens is 2. The second-order valence-electron chi connectivity index (χ2n) is 8.75. The highest BCUT2D eigenvalue weighted by molar-refractivity contribution is 5.98. The van der Waals surface area contributed by atoms with Crippen molar-refractivity contribution in [3.63, 3.8) is 0 Å². The third-order valence-electron chi connectivity index (χ3n) is 5.69. The Balaban J connectivity index is 1.63. The van der Waals surface area contributed by atoms with Crippen LogP contribution in [0.2, 0.25) is 0 Å². The van der Waals surface area contributed by atoms with Gasteiger partial charge in [0.25, 0.3) is 0 Å². The third kappa shape index (κ3) is 2.79. The highest BCUT2D eigenvalue weighted by Gasteiger charge is 2.51. The van der Waals surface area contributed by atoms with Crippen LogP contribution < -0.4 is 4.74 Å². The van der Waals surface area contributed by atoms with E-state index in [4.69, 9.17) is 4.74 Å². The molecule has 2 atom stereocenters. The lowest BCUT2D eigenvalue weighted by Gasteiger charge is -2.50. The van der Waals surface area contributed by atoms with Crippen LogP contribution in [0.5, 0.6) is 5.75 Å². The van der Waals surface area contributed by atoms with Crippen molar-refractivity contribution < 1.29 is 19.4 Å². The summed E-state index contributed by atoms with van der Waals surface area (Å²) in [5.41, 5.74) is -0.410. The largest absolute Gasteiger partial charge is 0.483 e. The number of ether oxygens (including phenoxy) is 1. The average molecular weight is 347 g/mol. The Morgan fingerprint density at radius 1 is 1.40 bits per heavy atom. The first-order chi connectivity index (χ1) is 11.7. The number of hydrogen-bond donors (Lipinski definition) is 1. The molecule has 1 saturated heterocycles. The topological polar surface area (TPSA) is 84.7 Å². The molecular formula is C18H25N3O4. The number of Topliss-reactive ketones (excluding diaryl/α,β-unsaturated/α-hetero) is 1. The SMILES string of the molecule is CC(C)(C)C1CC2(CCN1C(=O)O)CC(=O)c1nn(C3CC3)cc1O2. The molecule has 1 spiro atoms. The molecule has 2 fully saturated rings. The zero-order chi connectivity index (χ0) is 18.0. The van der Waals surface area contributed by atoms with Crippen LogP contribution in [0.15, 0.2) is 6.20 Å². The Kier molecular flexibility index (Phi) is 3.43. The Morgan fingerprint density at radius 3 is 2.72 bits per heavy atom. The summed E-state index contributed by atoms with van der Waals surface area (Å²) in [5, 5.41) is 14.0. The molecule has 0 radical (unpaired) electrons. The summed E-state index contributed by atoms with van der Waals surface area (Å²) in [4.78, 5) is 25.8. The molecule has 2 unspecified atom stereocenters. The average Bonchev–Trinajstić information content (AvgIpc) is 3.26. The molecule has 3 aliphatic rings. The fraction of sp³-hybridized carbons (Fsp3) is 0.722. The molecule has 136 valence electrons. The van der Waals surface area contributed by atoms with E-state index in [0.717, 1.165) is 12.8 Å². The van der Waals surface area contributed by atoms with Gasteiger partial charge in [0.2, 0.25) is 0 Å². The smallest absolute Gasteiger partial charge is 0.407 e. The molecule has 2 aliphatic heterocycles. The summed E-state index contributed by atoms with van der Waals surface area (Å²) in [7, 11) is 0. The molecule has 0 bridgehead atoms. The van der Waals surface area contributed by atoms with Crippen molar-refractivity contribution in [1.29, 1.82) is 0 Å². The first-order valence-electron chi connectivity index (χ1n) is 8.99. The van der Waals surface area contributed by atoms with E-state index in [1.54, 1.807) is 0 Å². The van der Waals surface area contributed by atoms with Crippen LogP contribution in [0.1, 0.15) is 69.4 Å². The van der Waals surface area contributed by atoms with Gasteiger partial charge >= 0.3 is 6.09 Å². The van der Waals surface area contributed by atoms with Crippen LogP contribution in [0.3, 0.4) is 0 Å². The fourth-order valence-corrected chi connectivity index (χ4v) is 4.12. The minimum absolute atomic E-state index is 0.0112. The maximum absolute atomic E-state index is 12.7. The summed E-state index contributed by atoms with van der Waals surface area (Å²) >= 11 is 0. The van der Waals surface area contributed by atoms with Gasteiger partial charge in [-0.25, -0.2) is 4.79 Å². The number of rotatable bonds is 1. The molecule has 1 aliphatic carbocycles. The van der Waals surface area contributed by atoms with Gasteiger partial charge in [-0.15, -0.1) is 0 Å². The number of carboxylic acid groups (broad SMARTS) is 1. The van der Waals surface area contributed by atoms with Crippen molar-refractivity contribution in [3.8, 4) is 5.75 Å². The molecular weight excluding hydrogens is 322 g/mol. The predicted octanol–water partition coefficient (Wildman–Crippen LogP) is 3.11. The van der Waals surface area contributed by atoms with E-state index in [2.05, 4.69) is 5.10 Å². The van der Waals surface area contributed by atoms with E-state index in [9.17, 15) is 14.7 Å². The second kappa shape index (κ2) is 5.22. The van der Waals surface area contributed by atoms with E-state index in [-0.39, 0.29) is 23.7 Å². The van der Waals surface area contributed by atoms with Crippen LogP contribution in [0.4, 0.5) is 4.79 Å². The standard InChI is InChI=1S/C18H25N3O4/c1-17(2,3)14-9-18(6-7-20(14)16(23)24)8-12(22)15-13(25-18)10-21(19-15)11-4-5-11/h10-11,14H,4-9H2,1-3H3,(H,23,24). The fourth-order valence-electron chi connectivity index (χ4n) is 4.12. The summed E-state index contributed by atoms with van der Waals surface area (Å²) in [5.74, 6) is 0.580. The molecule has 1 aromatic heterocycles. The number of ketones is 1. The molecule has 3 heterocycles. The van der Waals surface area contributed by atoms with E-state index in [0.29, 0.717) is 36.9 Å². The van der Waals surface area contributed by atoms with Crippen molar-refractivity contribution in [1.82, 2.24) is 14.7 Å². The molecule has 1 aromatic rings. The molecule has 0 aromatic carbocycles. The number of amides is 1. The summed E-state index contributed by atoms with van der Waals surface area (Å²) in [6.07, 6.45) is 4.48. The highest BCUT2D eigenvalue weighted by Crippen LogP contribution is 2.45. The zero-order valence-corrected chi connectivity index (χ0v) is 15.0. The van der Waals surface area contributed by atoms with Crippen LogP contribution in [-0.4, -0.2) is 49.9 Å². The van der Waals surface area contributed by atoms with Crippen molar-refractivity contribution in [2.75, 3.05) is 6.54 Å². The monoisotopic (exact) mass is 347 g/mol. The first kappa shape index (κ1) is 16.4. The lowest BCUT2D eigenvalue weighted by Crippen LogP contribution is -2.59. The minimum atomic E-state index is -0.904. The maximum atomic E-state index is 12.7. The van der Waals surface area contributed by atoms with Crippen molar-refractivity contribution in [2.24, 2.45) is 5.41 Å². The van der Waals surface area contributed by atoms with E-state index >= 15 is 0 Å². The number of hydrogen-bond acceptors (Lipinski definition) is 4. The molecule has 7 nitrogen and oxygen atoms in total. The Labute approximate surface area is 146 Å². The highest BCUT2D eigenvalue weighted by atomic mass is 16.5. The van der Waals surface area contributed by atoms with Gasteiger partial charge in [0, 0.05) is 25.4 Å². The molecule has 7 heteroatoms. The quantitative estimate of drug-likeness (QED) is 0.844. The van der Waals surface area contributed by atoms with Crippen molar-refractivity contribution in [2.45, 2.75) is 70.6 Å². The Morgan fingerprint density at radius 2 is 2.12 bits per heavy atom. The number of carbonyl (C=O) groups excluding carboxylic acids is 1. The normalized spacial score (nSPS) is 29.5. The number of carbonyl (C=O) groups is 2. The number of nitrogens with zero attached hydrogens (tertiary/aromatic N) is 3. The molecule has 4 rings (SSSR count). The maximum Gasteiger partial charge on any atom is 0.407 e. The summed E-state index contributed by atoms with van der Waals surface area (Å²) in [6, 6.07) is 0.209. The predicted molar refractivity (Wildman–Crippen MR) is 90.0 cm³/mol. The van der Waals surface area contributed by atoms with Crippen LogP contribution in [-0.2, 0) is 0 Å². The van der Waals surface area contributed by atoms with Crippen molar-refractivity contribution in [3.05, 3.63) is 11.9 Å². The van der Waals surface area contributed by atoms with Gasteiger partial charge in [0.15, 0.2) is 17.2 Å². The number of fused-ring (bicyclic) bond motifs is 1. The summed E-state index contributed by atoms with van der Waals surface area (Å²) < 4.78 is 8.18. The minimum Gasteiger partial charge on any atom is -0.483 e. The van der Waals surface area contributed by atoms with Crippen LogP contribution >= 0.6 is 0 Å². The van der Waals surface area contributed by atoms with Gasteiger partial charge in [-0.2, -0.15) is 5.10 Å². The van der Waals surface area contributed by atoms with Gasteiger partial charge in [-0.3, -0.25) is 9.48 Å². The van der Waals surface area contributed by atoms with Gasteiger partial charge in [0.05, 0.1) is 18.7 Å².